The van der Waals surface area contributed by atoms with Crippen LogP contribution in [-0.4, -0.2) is 36.0 Å². The smallest absolute Gasteiger partial charge is 0.317 e. The fraction of sp³-hybridized carbons (Fsp3) is 0.750. The fourth-order valence-electron chi connectivity index (χ4n) is 2.49. The highest BCUT2D eigenvalue weighted by Gasteiger charge is 2.47. The van der Waals surface area contributed by atoms with Crippen LogP contribution in [0.25, 0.3) is 0 Å². The maximum atomic E-state index is 11.5. The van der Waals surface area contributed by atoms with Gasteiger partial charge in [0.15, 0.2) is 0 Å². The Morgan fingerprint density at radius 2 is 2.06 bits per heavy atom. The monoisotopic (exact) mass is 272 g/mol. The van der Waals surface area contributed by atoms with Gasteiger partial charge in [0, 0.05) is 11.0 Å². The maximum absolute atomic E-state index is 11.5. The molecule has 2 fully saturated rings. The number of rotatable bonds is 4. The molecular weight excluding hydrogens is 256 g/mol. The van der Waals surface area contributed by atoms with E-state index >= 15 is 0 Å². The Labute approximate surface area is 110 Å². The summed E-state index contributed by atoms with van der Waals surface area (Å²) in [6.07, 6.45) is 2.68. The second-order valence-electron chi connectivity index (χ2n) is 4.59. The van der Waals surface area contributed by atoms with Gasteiger partial charge in [0.2, 0.25) is 0 Å². The highest BCUT2D eigenvalue weighted by Crippen LogP contribution is 2.40. The van der Waals surface area contributed by atoms with Crippen LogP contribution in [0.3, 0.4) is 0 Å². The summed E-state index contributed by atoms with van der Waals surface area (Å²) in [6.45, 7) is 0. The van der Waals surface area contributed by atoms with E-state index in [4.69, 9.17) is 0 Å². The van der Waals surface area contributed by atoms with Gasteiger partial charge < -0.3 is 9.47 Å². The van der Waals surface area contributed by atoms with Crippen LogP contribution in [0.4, 0.5) is 0 Å². The lowest BCUT2D eigenvalue weighted by Gasteiger charge is -2.27. The number of methoxy groups -OCH3 is 1. The molecule has 0 aromatic rings. The molecule has 100 valence electrons. The van der Waals surface area contributed by atoms with E-state index in [0.717, 1.165) is 6.42 Å². The van der Waals surface area contributed by atoms with Gasteiger partial charge in [-0.1, -0.05) is 0 Å². The zero-order valence-corrected chi connectivity index (χ0v) is 11.0. The Kier molecular flexibility index (Phi) is 4.27. The molecule has 1 aliphatic heterocycles. The summed E-state index contributed by atoms with van der Waals surface area (Å²) in [6, 6.07) is 0. The highest BCUT2D eigenvalue weighted by atomic mass is 32.2. The van der Waals surface area contributed by atoms with E-state index in [-0.39, 0.29) is 29.7 Å². The minimum Gasteiger partial charge on any atom is -0.469 e. The summed E-state index contributed by atoms with van der Waals surface area (Å²) in [5, 5.41) is 0.328. The van der Waals surface area contributed by atoms with E-state index in [0.29, 0.717) is 30.3 Å². The largest absolute Gasteiger partial charge is 0.469 e. The number of fused-ring (bicyclic) bond motifs is 1. The van der Waals surface area contributed by atoms with Crippen molar-refractivity contribution in [2.75, 3.05) is 12.9 Å². The molecule has 3 atom stereocenters. The van der Waals surface area contributed by atoms with Crippen molar-refractivity contribution in [3.05, 3.63) is 0 Å². The van der Waals surface area contributed by atoms with Crippen LogP contribution in [0.1, 0.15) is 25.7 Å². The van der Waals surface area contributed by atoms with Gasteiger partial charge in [-0.2, -0.15) is 11.8 Å². The first-order valence-corrected chi connectivity index (χ1v) is 7.10. The van der Waals surface area contributed by atoms with E-state index < -0.39 is 0 Å². The molecule has 3 unspecified atom stereocenters. The van der Waals surface area contributed by atoms with E-state index in [1.807, 2.05) is 0 Å². The van der Waals surface area contributed by atoms with E-state index in [1.165, 1.54) is 7.11 Å². The predicted molar refractivity (Wildman–Crippen MR) is 64.8 cm³/mol. The first-order valence-electron chi connectivity index (χ1n) is 6.05. The van der Waals surface area contributed by atoms with Crippen LogP contribution in [0.15, 0.2) is 0 Å². The van der Waals surface area contributed by atoms with Gasteiger partial charge in [-0.25, -0.2) is 0 Å². The van der Waals surface area contributed by atoms with Crippen molar-refractivity contribution in [1.82, 2.24) is 0 Å². The molecule has 5 nitrogen and oxygen atoms in total. The first kappa shape index (κ1) is 13.4. The minimum absolute atomic E-state index is 0.216. The van der Waals surface area contributed by atoms with Gasteiger partial charge in [-0.05, 0) is 19.3 Å². The van der Waals surface area contributed by atoms with Crippen LogP contribution >= 0.6 is 11.8 Å². The Morgan fingerprint density at radius 3 is 2.78 bits per heavy atom. The lowest BCUT2D eigenvalue weighted by Crippen LogP contribution is -2.28. The number of hydrogen-bond acceptors (Lipinski definition) is 6. The van der Waals surface area contributed by atoms with Crippen molar-refractivity contribution in [2.24, 2.45) is 11.8 Å². The normalized spacial score (nSPS) is 30.8. The number of ether oxygens (including phenoxy) is 2. The van der Waals surface area contributed by atoms with Crippen LogP contribution < -0.4 is 0 Å². The van der Waals surface area contributed by atoms with Gasteiger partial charge in [-0.3, -0.25) is 14.4 Å². The summed E-state index contributed by atoms with van der Waals surface area (Å²) in [7, 11) is 1.37. The quantitative estimate of drug-likeness (QED) is 0.565. The Hall–Kier alpha value is -1.04. The molecule has 0 amide bonds. The Morgan fingerprint density at radius 1 is 1.33 bits per heavy atom. The van der Waals surface area contributed by atoms with Crippen LogP contribution in [-0.2, 0) is 23.9 Å². The molecule has 0 aromatic carbocycles. The second kappa shape index (κ2) is 5.73. The number of hydrogen-bond donors (Lipinski definition) is 0. The molecule has 1 heterocycles. The number of carbonyl (C=O) groups excluding carboxylic acids is 3. The lowest BCUT2D eigenvalue weighted by atomic mass is 9.81. The van der Waals surface area contributed by atoms with Gasteiger partial charge in [0.1, 0.15) is 0 Å². The summed E-state index contributed by atoms with van der Waals surface area (Å²) in [5.74, 6) is -0.743. The Bertz CT molecular complexity index is 367. The fourth-order valence-corrected chi connectivity index (χ4v) is 3.75. The molecule has 6 heteroatoms. The number of cyclic esters (lactones) is 2. The number of esters is 3. The average Bonchev–Trinajstić information content (AvgIpc) is 2.64. The molecule has 2 rings (SSSR count). The van der Waals surface area contributed by atoms with Crippen molar-refractivity contribution >= 4 is 29.7 Å². The lowest BCUT2D eigenvalue weighted by molar-refractivity contribution is -0.153. The molecule has 0 aromatic heterocycles. The van der Waals surface area contributed by atoms with E-state index in [9.17, 15) is 14.4 Å². The third kappa shape index (κ3) is 2.85. The third-order valence-corrected chi connectivity index (χ3v) is 4.84. The van der Waals surface area contributed by atoms with E-state index in [1.54, 1.807) is 11.8 Å². The summed E-state index contributed by atoms with van der Waals surface area (Å²) in [4.78, 5) is 33.8. The SMILES string of the molecule is COC(=O)CCSC1CCC2C(=O)OC(=O)C2C1. The average molecular weight is 272 g/mol. The predicted octanol–water partition coefficient (Wildman–Crippen LogP) is 1.15. The van der Waals surface area contributed by atoms with Gasteiger partial charge in [0.25, 0.3) is 0 Å². The zero-order chi connectivity index (χ0) is 13.1. The van der Waals surface area contributed by atoms with Crippen LogP contribution in [0.2, 0.25) is 0 Å². The minimum atomic E-state index is -0.372. The molecule has 1 saturated heterocycles. The molecule has 1 saturated carbocycles. The molecule has 18 heavy (non-hydrogen) atoms. The van der Waals surface area contributed by atoms with Gasteiger partial charge >= 0.3 is 17.9 Å². The first-order chi connectivity index (χ1) is 8.61. The third-order valence-electron chi connectivity index (χ3n) is 3.50. The van der Waals surface area contributed by atoms with Crippen LogP contribution in [0, 0.1) is 11.8 Å². The standard InChI is InChI=1S/C12H16O5S/c1-16-10(13)4-5-18-7-2-3-8-9(6-7)12(15)17-11(8)14/h7-9H,2-6H2,1H3. The maximum Gasteiger partial charge on any atom is 0.317 e. The molecular formula is C12H16O5S. The zero-order valence-electron chi connectivity index (χ0n) is 10.2. The Balaban J connectivity index is 1.78. The van der Waals surface area contributed by atoms with Crippen molar-refractivity contribution in [2.45, 2.75) is 30.9 Å². The number of thioether (sulfide) groups is 1. The summed E-state index contributed by atoms with van der Waals surface area (Å²) in [5.41, 5.74) is 0. The molecule has 1 aliphatic carbocycles. The number of carbonyl (C=O) groups is 3. The molecule has 2 aliphatic rings. The topological polar surface area (TPSA) is 69.7 Å². The summed E-state index contributed by atoms with van der Waals surface area (Å²) < 4.78 is 9.22. The van der Waals surface area contributed by atoms with Crippen molar-refractivity contribution in [3.8, 4) is 0 Å². The van der Waals surface area contributed by atoms with Crippen molar-refractivity contribution in [3.63, 3.8) is 0 Å². The highest BCUT2D eigenvalue weighted by molar-refractivity contribution is 7.99. The summed E-state index contributed by atoms with van der Waals surface area (Å²) >= 11 is 1.67. The molecule has 0 radical (unpaired) electrons. The van der Waals surface area contributed by atoms with Crippen molar-refractivity contribution in [1.29, 1.82) is 0 Å². The van der Waals surface area contributed by atoms with Crippen LogP contribution in [0.5, 0.6) is 0 Å². The van der Waals surface area contributed by atoms with Gasteiger partial charge in [-0.15, -0.1) is 0 Å². The molecule has 0 N–H and O–H groups in total. The van der Waals surface area contributed by atoms with Gasteiger partial charge in [0.05, 0.1) is 25.4 Å². The molecule has 0 bridgehead atoms. The van der Waals surface area contributed by atoms with Crippen molar-refractivity contribution < 1.29 is 23.9 Å². The second-order valence-corrected chi connectivity index (χ2v) is 5.99. The van der Waals surface area contributed by atoms with E-state index in [2.05, 4.69) is 9.47 Å². The molecule has 0 spiro atoms.